The SMILES string of the molecule is CCc1cccc(OC(C)C(=O)Nc2cc(C)cc(C)c2)c1. The van der Waals surface area contributed by atoms with Gasteiger partial charge in [-0.3, -0.25) is 4.79 Å². The summed E-state index contributed by atoms with van der Waals surface area (Å²) in [5.41, 5.74) is 4.25. The molecule has 0 saturated carbocycles. The van der Waals surface area contributed by atoms with Crippen LogP contribution < -0.4 is 10.1 Å². The third kappa shape index (κ3) is 4.35. The highest BCUT2D eigenvalue weighted by Crippen LogP contribution is 2.17. The minimum Gasteiger partial charge on any atom is -0.481 e. The molecule has 3 heteroatoms. The molecule has 2 aromatic rings. The van der Waals surface area contributed by atoms with Crippen molar-refractivity contribution >= 4 is 11.6 Å². The lowest BCUT2D eigenvalue weighted by Crippen LogP contribution is -2.30. The first kappa shape index (κ1) is 16.1. The topological polar surface area (TPSA) is 38.3 Å². The van der Waals surface area contributed by atoms with Crippen molar-refractivity contribution in [3.8, 4) is 5.75 Å². The van der Waals surface area contributed by atoms with Crippen molar-refractivity contribution in [1.29, 1.82) is 0 Å². The lowest BCUT2D eigenvalue weighted by atomic mass is 10.1. The summed E-state index contributed by atoms with van der Waals surface area (Å²) in [4.78, 5) is 12.3. The molecule has 116 valence electrons. The van der Waals surface area contributed by atoms with Gasteiger partial charge in [-0.15, -0.1) is 0 Å². The lowest BCUT2D eigenvalue weighted by Gasteiger charge is -2.16. The molecule has 1 atom stereocenters. The number of hydrogen-bond donors (Lipinski definition) is 1. The molecule has 3 nitrogen and oxygen atoms in total. The van der Waals surface area contributed by atoms with E-state index in [4.69, 9.17) is 4.74 Å². The molecule has 1 unspecified atom stereocenters. The maximum Gasteiger partial charge on any atom is 0.265 e. The smallest absolute Gasteiger partial charge is 0.265 e. The van der Waals surface area contributed by atoms with Crippen molar-refractivity contribution < 1.29 is 9.53 Å². The Labute approximate surface area is 132 Å². The minimum absolute atomic E-state index is 0.146. The van der Waals surface area contributed by atoms with Crippen LogP contribution in [-0.4, -0.2) is 12.0 Å². The molecule has 0 radical (unpaired) electrons. The van der Waals surface area contributed by atoms with Crippen LogP contribution in [0.2, 0.25) is 0 Å². The monoisotopic (exact) mass is 297 g/mol. The molecule has 0 spiro atoms. The Balaban J connectivity index is 2.02. The number of amides is 1. The van der Waals surface area contributed by atoms with Crippen molar-refractivity contribution in [2.75, 3.05) is 5.32 Å². The van der Waals surface area contributed by atoms with Crippen LogP contribution in [-0.2, 0) is 11.2 Å². The highest BCUT2D eigenvalue weighted by molar-refractivity contribution is 5.94. The van der Waals surface area contributed by atoms with E-state index in [2.05, 4.69) is 18.3 Å². The van der Waals surface area contributed by atoms with Crippen molar-refractivity contribution in [2.24, 2.45) is 0 Å². The number of rotatable bonds is 5. The number of aryl methyl sites for hydroxylation is 3. The summed E-state index contributed by atoms with van der Waals surface area (Å²) in [6.07, 6.45) is 0.397. The number of carbonyl (C=O) groups excluding carboxylic acids is 1. The standard InChI is InChI=1S/C19H23NO2/c1-5-16-7-6-8-18(12-16)22-15(4)19(21)20-17-10-13(2)9-14(3)11-17/h6-12,15H,5H2,1-4H3,(H,20,21). The van der Waals surface area contributed by atoms with Gasteiger partial charge in [0, 0.05) is 5.69 Å². The summed E-state index contributed by atoms with van der Waals surface area (Å²) < 4.78 is 5.74. The van der Waals surface area contributed by atoms with E-state index >= 15 is 0 Å². The third-order valence-corrected chi connectivity index (χ3v) is 3.48. The summed E-state index contributed by atoms with van der Waals surface area (Å²) in [5.74, 6) is 0.578. The first-order valence-corrected chi connectivity index (χ1v) is 7.62. The molecule has 0 fully saturated rings. The van der Waals surface area contributed by atoms with Gasteiger partial charge in [-0.25, -0.2) is 0 Å². The molecule has 0 bridgehead atoms. The molecule has 0 aromatic heterocycles. The predicted octanol–water partition coefficient (Wildman–Crippen LogP) is 4.27. The summed E-state index contributed by atoms with van der Waals surface area (Å²) in [5, 5.41) is 2.91. The minimum atomic E-state index is -0.548. The number of benzene rings is 2. The summed E-state index contributed by atoms with van der Waals surface area (Å²) in [6.45, 7) is 7.88. The highest BCUT2D eigenvalue weighted by Gasteiger charge is 2.15. The molecule has 2 aromatic carbocycles. The number of hydrogen-bond acceptors (Lipinski definition) is 2. The molecular formula is C19H23NO2. The summed E-state index contributed by atoms with van der Waals surface area (Å²) in [6, 6.07) is 13.8. The van der Waals surface area contributed by atoms with E-state index in [0.29, 0.717) is 0 Å². The molecular weight excluding hydrogens is 274 g/mol. The molecule has 2 rings (SSSR count). The zero-order valence-corrected chi connectivity index (χ0v) is 13.6. The fourth-order valence-corrected chi connectivity index (χ4v) is 2.39. The van der Waals surface area contributed by atoms with Gasteiger partial charge in [0.05, 0.1) is 0 Å². The Bertz CT molecular complexity index is 644. The van der Waals surface area contributed by atoms with Crippen LogP contribution in [0.1, 0.15) is 30.5 Å². The van der Waals surface area contributed by atoms with Gasteiger partial charge in [0.25, 0.3) is 5.91 Å². The fraction of sp³-hybridized carbons (Fsp3) is 0.316. The lowest BCUT2D eigenvalue weighted by molar-refractivity contribution is -0.122. The Morgan fingerprint density at radius 3 is 2.45 bits per heavy atom. The molecule has 0 aliphatic carbocycles. The van der Waals surface area contributed by atoms with Crippen LogP contribution in [0.4, 0.5) is 5.69 Å². The van der Waals surface area contributed by atoms with E-state index in [0.717, 1.165) is 29.0 Å². The molecule has 1 N–H and O–H groups in total. The second kappa shape index (κ2) is 7.12. The Morgan fingerprint density at radius 2 is 1.82 bits per heavy atom. The third-order valence-electron chi connectivity index (χ3n) is 3.48. The van der Waals surface area contributed by atoms with E-state index in [-0.39, 0.29) is 5.91 Å². The van der Waals surface area contributed by atoms with Crippen LogP contribution in [0.5, 0.6) is 5.75 Å². The molecule has 22 heavy (non-hydrogen) atoms. The van der Waals surface area contributed by atoms with E-state index < -0.39 is 6.10 Å². The Morgan fingerprint density at radius 1 is 1.14 bits per heavy atom. The number of nitrogens with one attached hydrogen (secondary N) is 1. The molecule has 0 saturated heterocycles. The zero-order chi connectivity index (χ0) is 16.1. The van der Waals surface area contributed by atoms with Crippen LogP contribution in [0.3, 0.4) is 0 Å². The van der Waals surface area contributed by atoms with E-state index in [1.807, 2.05) is 50.2 Å². The summed E-state index contributed by atoms with van der Waals surface area (Å²) in [7, 11) is 0. The van der Waals surface area contributed by atoms with Crippen molar-refractivity contribution in [3.63, 3.8) is 0 Å². The van der Waals surface area contributed by atoms with Gasteiger partial charge in [-0.2, -0.15) is 0 Å². The zero-order valence-electron chi connectivity index (χ0n) is 13.6. The molecule has 1 amide bonds. The Kier molecular flexibility index (Phi) is 5.21. The average Bonchev–Trinajstić information content (AvgIpc) is 2.46. The van der Waals surface area contributed by atoms with Gasteiger partial charge >= 0.3 is 0 Å². The van der Waals surface area contributed by atoms with Gasteiger partial charge < -0.3 is 10.1 Å². The molecule has 0 aliphatic rings. The second-order valence-electron chi connectivity index (χ2n) is 5.63. The number of anilines is 1. The van der Waals surface area contributed by atoms with Crippen molar-refractivity contribution in [1.82, 2.24) is 0 Å². The normalized spacial score (nSPS) is 11.8. The first-order valence-electron chi connectivity index (χ1n) is 7.62. The van der Waals surface area contributed by atoms with Gasteiger partial charge in [0.15, 0.2) is 6.10 Å². The molecule has 0 heterocycles. The highest BCUT2D eigenvalue weighted by atomic mass is 16.5. The van der Waals surface area contributed by atoms with Crippen LogP contribution >= 0.6 is 0 Å². The fourth-order valence-electron chi connectivity index (χ4n) is 2.39. The van der Waals surface area contributed by atoms with Crippen LogP contribution in [0, 0.1) is 13.8 Å². The van der Waals surface area contributed by atoms with E-state index in [9.17, 15) is 4.79 Å². The Hall–Kier alpha value is -2.29. The summed E-state index contributed by atoms with van der Waals surface area (Å²) >= 11 is 0. The van der Waals surface area contributed by atoms with E-state index in [1.54, 1.807) is 6.92 Å². The van der Waals surface area contributed by atoms with Crippen LogP contribution in [0.25, 0.3) is 0 Å². The quantitative estimate of drug-likeness (QED) is 0.895. The van der Waals surface area contributed by atoms with Gasteiger partial charge in [0.2, 0.25) is 0 Å². The second-order valence-corrected chi connectivity index (χ2v) is 5.63. The van der Waals surface area contributed by atoms with Gasteiger partial charge in [0.1, 0.15) is 5.75 Å². The number of ether oxygens (including phenoxy) is 1. The predicted molar refractivity (Wildman–Crippen MR) is 90.5 cm³/mol. The van der Waals surface area contributed by atoms with Gasteiger partial charge in [-0.05, 0) is 68.1 Å². The number of carbonyl (C=O) groups is 1. The van der Waals surface area contributed by atoms with Crippen molar-refractivity contribution in [3.05, 3.63) is 59.2 Å². The molecule has 0 aliphatic heterocycles. The average molecular weight is 297 g/mol. The van der Waals surface area contributed by atoms with Gasteiger partial charge in [-0.1, -0.05) is 25.1 Å². The van der Waals surface area contributed by atoms with Crippen LogP contribution in [0.15, 0.2) is 42.5 Å². The van der Waals surface area contributed by atoms with E-state index in [1.165, 1.54) is 5.56 Å². The largest absolute Gasteiger partial charge is 0.481 e. The maximum absolute atomic E-state index is 12.3. The first-order chi connectivity index (χ1) is 10.5. The van der Waals surface area contributed by atoms with Crippen molar-refractivity contribution in [2.45, 2.75) is 40.2 Å². The maximum atomic E-state index is 12.3.